The van der Waals surface area contributed by atoms with Crippen molar-refractivity contribution in [2.45, 2.75) is 37.5 Å². The summed E-state index contributed by atoms with van der Waals surface area (Å²) in [4.78, 5) is 14.0. The second kappa shape index (κ2) is 7.70. The monoisotopic (exact) mass is 292 g/mol. The lowest BCUT2D eigenvalue weighted by Gasteiger charge is -2.21. The zero-order chi connectivity index (χ0) is 14.4. The highest BCUT2D eigenvalue weighted by atomic mass is 32.2. The summed E-state index contributed by atoms with van der Waals surface area (Å²) in [5.41, 5.74) is 0.955. The van der Waals surface area contributed by atoms with Gasteiger partial charge in [0, 0.05) is 37.0 Å². The number of anilines is 1. The quantitative estimate of drug-likeness (QED) is 0.875. The van der Waals surface area contributed by atoms with E-state index >= 15 is 0 Å². The van der Waals surface area contributed by atoms with Crippen LogP contribution in [-0.2, 0) is 4.79 Å². The first kappa shape index (κ1) is 15.4. The van der Waals surface area contributed by atoms with Crippen LogP contribution in [-0.4, -0.2) is 36.5 Å². The molecule has 0 spiro atoms. The molecule has 2 rings (SSSR count). The molecule has 1 aromatic carbocycles. The number of nitrogens with zero attached hydrogens (tertiary/aromatic N) is 1. The molecule has 0 aliphatic carbocycles. The number of hydrogen-bond acceptors (Lipinski definition) is 3. The van der Waals surface area contributed by atoms with Crippen LogP contribution < -0.4 is 10.2 Å². The number of thioether (sulfide) groups is 1. The minimum Gasteiger partial charge on any atom is -0.315 e. The van der Waals surface area contributed by atoms with E-state index in [1.165, 1.54) is 18.6 Å². The Kier molecular flexibility index (Phi) is 5.92. The van der Waals surface area contributed by atoms with Gasteiger partial charge in [0.2, 0.25) is 5.91 Å². The van der Waals surface area contributed by atoms with E-state index in [4.69, 9.17) is 0 Å². The molecule has 0 aromatic heterocycles. The van der Waals surface area contributed by atoms with Crippen LogP contribution in [0.15, 0.2) is 30.3 Å². The van der Waals surface area contributed by atoms with Gasteiger partial charge in [-0.2, -0.15) is 11.8 Å². The van der Waals surface area contributed by atoms with E-state index in [1.54, 1.807) is 4.90 Å². The van der Waals surface area contributed by atoms with Gasteiger partial charge >= 0.3 is 0 Å². The van der Waals surface area contributed by atoms with Crippen LogP contribution in [0.5, 0.6) is 0 Å². The lowest BCUT2D eigenvalue weighted by Crippen LogP contribution is -2.37. The number of para-hydroxylation sites is 1. The molecule has 20 heavy (non-hydrogen) atoms. The summed E-state index contributed by atoms with van der Waals surface area (Å²) >= 11 is 2.05. The fourth-order valence-corrected chi connectivity index (χ4v) is 3.62. The molecule has 1 saturated heterocycles. The third kappa shape index (κ3) is 4.53. The molecule has 1 aromatic rings. The van der Waals surface area contributed by atoms with Gasteiger partial charge in [0.25, 0.3) is 0 Å². The number of nitrogens with one attached hydrogen (secondary N) is 1. The van der Waals surface area contributed by atoms with Gasteiger partial charge in [0.15, 0.2) is 0 Å². The minimum absolute atomic E-state index is 0.162. The molecule has 0 saturated carbocycles. The topological polar surface area (TPSA) is 32.3 Å². The van der Waals surface area contributed by atoms with E-state index in [9.17, 15) is 4.79 Å². The van der Waals surface area contributed by atoms with Crippen molar-refractivity contribution in [3.63, 3.8) is 0 Å². The molecule has 0 radical (unpaired) electrons. The predicted molar refractivity (Wildman–Crippen MR) is 87.4 cm³/mol. The van der Waals surface area contributed by atoms with Crippen molar-refractivity contribution in [1.82, 2.24) is 5.32 Å². The van der Waals surface area contributed by atoms with Crippen molar-refractivity contribution in [3.05, 3.63) is 30.3 Å². The average molecular weight is 292 g/mol. The van der Waals surface area contributed by atoms with Crippen LogP contribution >= 0.6 is 11.8 Å². The van der Waals surface area contributed by atoms with Crippen LogP contribution in [0.25, 0.3) is 0 Å². The Morgan fingerprint density at radius 2 is 2.20 bits per heavy atom. The Morgan fingerprint density at radius 1 is 1.45 bits per heavy atom. The van der Waals surface area contributed by atoms with Gasteiger partial charge < -0.3 is 10.2 Å². The van der Waals surface area contributed by atoms with E-state index in [0.717, 1.165) is 17.5 Å². The Balaban J connectivity index is 1.75. The zero-order valence-electron chi connectivity index (χ0n) is 12.3. The Bertz CT molecular complexity index is 418. The number of carbonyl (C=O) groups is 1. The predicted octanol–water partition coefficient (Wildman–Crippen LogP) is 2.91. The van der Waals surface area contributed by atoms with Gasteiger partial charge in [0.05, 0.1) is 0 Å². The first-order valence-electron chi connectivity index (χ1n) is 7.33. The van der Waals surface area contributed by atoms with Crippen molar-refractivity contribution in [2.75, 3.05) is 24.2 Å². The van der Waals surface area contributed by atoms with Crippen molar-refractivity contribution < 1.29 is 4.79 Å². The van der Waals surface area contributed by atoms with Crippen LogP contribution in [0.4, 0.5) is 5.69 Å². The molecule has 4 heteroatoms. The van der Waals surface area contributed by atoms with E-state index in [0.29, 0.717) is 6.42 Å². The summed E-state index contributed by atoms with van der Waals surface area (Å²) < 4.78 is 0. The highest BCUT2D eigenvalue weighted by Crippen LogP contribution is 2.25. The fourth-order valence-electron chi connectivity index (χ4n) is 2.40. The van der Waals surface area contributed by atoms with Crippen molar-refractivity contribution in [2.24, 2.45) is 0 Å². The van der Waals surface area contributed by atoms with E-state index < -0.39 is 0 Å². The largest absolute Gasteiger partial charge is 0.315 e. The van der Waals surface area contributed by atoms with Crippen LogP contribution in [0.2, 0.25) is 0 Å². The summed E-state index contributed by atoms with van der Waals surface area (Å²) in [5, 5.41) is 4.23. The van der Waals surface area contributed by atoms with Crippen LogP contribution in [0.3, 0.4) is 0 Å². The maximum Gasteiger partial charge on any atom is 0.228 e. The second-order valence-electron chi connectivity index (χ2n) is 5.44. The molecule has 2 unspecified atom stereocenters. The molecule has 3 nitrogen and oxygen atoms in total. The number of amides is 1. The molecule has 110 valence electrons. The maximum atomic E-state index is 12.2. The second-order valence-corrected chi connectivity index (χ2v) is 6.85. The molecule has 1 fully saturated rings. The first-order chi connectivity index (χ1) is 9.66. The summed E-state index contributed by atoms with van der Waals surface area (Å²) in [6.07, 6.45) is 3.19. The number of benzene rings is 1. The van der Waals surface area contributed by atoms with E-state index in [-0.39, 0.29) is 11.9 Å². The van der Waals surface area contributed by atoms with Gasteiger partial charge in [-0.15, -0.1) is 0 Å². The lowest BCUT2D eigenvalue weighted by atomic mass is 10.2. The molecule has 2 atom stereocenters. The highest BCUT2D eigenvalue weighted by molar-refractivity contribution is 8.00. The number of carbonyl (C=O) groups excluding carboxylic acids is 1. The third-order valence-corrected chi connectivity index (χ3v) is 5.11. The minimum atomic E-state index is 0.162. The molecule has 1 N–H and O–H groups in total. The highest BCUT2D eigenvalue weighted by Gasteiger charge is 2.18. The Hall–Kier alpha value is -1.00. The lowest BCUT2D eigenvalue weighted by molar-refractivity contribution is -0.118. The molecule has 1 heterocycles. The molecule has 1 aliphatic heterocycles. The van der Waals surface area contributed by atoms with E-state index in [2.05, 4.69) is 12.2 Å². The van der Waals surface area contributed by atoms with Crippen molar-refractivity contribution >= 4 is 23.4 Å². The molecular weight excluding hydrogens is 268 g/mol. The van der Waals surface area contributed by atoms with Crippen LogP contribution in [0.1, 0.15) is 26.2 Å². The van der Waals surface area contributed by atoms with Crippen LogP contribution in [0, 0.1) is 0 Å². The zero-order valence-corrected chi connectivity index (χ0v) is 13.2. The van der Waals surface area contributed by atoms with Gasteiger partial charge in [-0.25, -0.2) is 0 Å². The standard InChI is InChI=1S/C16H24N2OS/c1-13(17-12-15-9-6-10-20-15)11-16(19)18(2)14-7-4-3-5-8-14/h3-5,7-8,13,15,17H,6,9-12H2,1-2H3. The van der Waals surface area contributed by atoms with Gasteiger partial charge in [-0.05, 0) is 37.7 Å². The normalized spacial score (nSPS) is 19.8. The van der Waals surface area contributed by atoms with Gasteiger partial charge in [-0.1, -0.05) is 18.2 Å². The number of hydrogen-bond donors (Lipinski definition) is 1. The summed E-state index contributed by atoms with van der Waals surface area (Å²) in [7, 11) is 1.84. The van der Waals surface area contributed by atoms with Gasteiger partial charge in [-0.3, -0.25) is 4.79 Å². The first-order valence-corrected chi connectivity index (χ1v) is 8.38. The molecule has 1 amide bonds. The fraction of sp³-hybridized carbons (Fsp3) is 0.562. The summed E-state index contributed by atoms with van der Waals surface area (Å²) in [6, 6.07) is 10.0. The summed E-state index contributed by atoms with van der Waals surface area (Å²) in [6.45, 7) is 3.12. The van der Waals surface area contributed by atoms with Crippen molar-refractivity contribution in [3.8, 4) is 0 Å². The Labute approximate surface area is 126 Å². The third-order valence-electron chi connectivity index (χ3n) is 3.72. The average Bonchev–Trinajstić information content (AvgIpc) is 2.98. The maximum absolute atomic E-state index is 12.2. The molecule has 1 aliphatic rings. The smallest absolute Gasteiger partial charge is 0.228 e. The van der Waals surface area contributed by atoms with E-state index in [1.807, 2.05) is 49.1 Å². The summed E-state index contributed by atoms with van der Waals surface area (Å²) in [5.74, 6) is 1.45. The van der Waals surface area contributed by atoms with Crippen molar-refractivity contribution in [1.29, 1.82) is 0 Å². The molecular formula is C16H24N2OS. The Morgan fingerprint density at radius 3 is 2.85 bits per heavy atom. The molecule has 0 bridgehead atoms. The van der Waals surface area contributed by atoms with Gasteiger partial charge in [0.1, 0.15) is 0 Å². The SMILES string of the molecule is CC(CC(=O)N(C)c1ccccc1)NCC1CCCS1. The number of rotatable bonds is 6.